The van der Waals surface area contributed by atoms with Crippen molar-refractivity contribution >= 4 is 16.8 Å². The molecule has 5 nitrogen and oxygen atoms in total. The van der Waals surface area contributed by atoms with E-state index in [0.29, 0.717) is 5.56 Å². The third-order valence-electron chi connectivity index (χ3n) is 3.26. The van der Waals surface area contributed by atoms with E-state index in [-0.39, 0.29) is 11.9 Å². The molecule has 0 saturated heterocycles. The quantitative estimate of drug-likeness (QED) is 0.765. The molecule has 0 aliphatic rings. The summed E-state index contributed by atoms with van der Waals surface area (Å²) >= 11 is 0. The topological polar surface area (TPSA) is 70.7 Å². The van der Waals surface area contributed by atoms with Gasteiger partial charge in [-0.05, 0) is 19.1 Å². The molecule has 0 spiro atoms. The molecule has 0 saturated carbocycles. The highest BCUT2D eigenvalue weighted by Crippen LogP contribution is 2.17. The predicted octanol–water partition coefficient (Wildman–Crippen LogP) is 2.45. The van der Waals surface area contributed by atoms with Gasteiger partial charge >= 0.3 is 0 Å². The van der Waals surface area contributed by atoms with Crippen molar-refractivity contribution in [2.24, 2.45) is 0 Å². The Bertz CT molecular complexity index is 731. The maximum absolute atomic E-state index is 12.4. The van der Waals surface area contributed by atoms with Crippen LogP contribution in [-0.4, -0.2) is 21.1 Å². The minimum absolute atomic E-state index is 0.104. The number of nitrogens with zero attached hydrogens (tertiary/aromatic N) is 2. The normalized spacial score (nSPS) is 12.2. The van der Waals surface area contributed by atoms with Gasteiger partial charge in [0.05, 0.1) is 23.3 Å². The number of amides is 1. The summed E-state index contributed by atoms with van der Waals surface area (Å²) in [4.78, 5) is 16.7. The molecule has 20 heavy (non-hydrogen) atoms. The molecule has 0 radical (unpaired) electrons. The third-order valence-corrected chi connectivity index (χ3v) is 3.26. The lowest BCUT2D eigenvalue weighted by Gasteiger charge is -2.13. The zero-order chi connectivity index (χ0) is 13.9. The largest absolute Gasteiger partial charge is 0.345 e. The second-order valence-electron chi connectivity index (χ2n) is 4.60. The van der Waals surface area contributed by atoms with E-state index in [1.807, 2.05) is 31.2 Å². The average molecular weight is 266 g/mol. The van der Waals surface area contributed by atoms with Crippen molar-refractivity contribution in [2.45, 2.75) is 13.0 Å². The standard InChI is InChI=1S/C15H14N4O/c1-10(11-8-17-18-9-11)19-15(20)13-6-7-16-14-5-3-2-4-12(13)14/h2-10H,1H3,(H,17,18)(H,19,20). The summed E-state index contributed by atoms with van der Waals surface area (Å²) in [6, 6.07) is 9.24. The lowest BCUT2D eigenvalue weighted by molar-refractivity contribution is 0.0941. The second kappa shape index (κ2) is 5.13. The fraction of sp³-hybridized carbons (Fsp3) is 0.133. The van der Waals surface area contributed by atoms with Crippen LogP contribution in [-0.2, 0) is 0 Å². The van der Waals surface area contributed by atoms with Gasteiger partial charge in [-0.25, -0.2) is 0 Å². The van der Waals surface area contributed by atoms with Crippen LogP contribution in [0.1, 0.15) is 28.9 Å². The van der Waals surface area contributed by atoms with Gasteiger partial charge in [-0.2, -0.15) is 5.10 Å². The smallest absolute Gasteiger partial charge is 0.252 e. The van der Waals surface area contributed by atoms with Gasteiger partial charge in [-0.15, -0.1) is 0 Å². The van der Waals surface area contributed by atoms with E-state index < -0.39 is 0 Å². The van der Waals surface area contributed by atoms with Gasteiger partial charge in [0.2, 0.25) is 0 Å². The van der Waals surface area contributed by atoms with Crippen molar-refractivity contribution < 1.29 is 4.79 Å². The molecule has 100 valence electrons. The number of aromatic amines is 1. The molecule has 0 bridgehead atoms. The van der Waals surface area contributed by atoms with Gasteiger partial charge in [-0.1, -0.05) is 18.2 Å². The number of para-hydroxylation sites is 1. The summed E-state index contributed by atoms with van der Waals surface area (Å²) in [5.74, 6) is -0.114. The molecule has 1 atom stereocenters. The molecule has 0 fully saturated rings. The molecule has 1 amide bonds. The monoisotopic (exact) mass is 266 g/mol. The number of carbonyl (C=O) groups excluding carboxylic acids is 1. The van der Waals surface area contributed by atoms with Crippen molar-refractivity contribution in [3.63, 3.8) is 0 Å². The number of aromatic nitrogens is 3. The van der Waals surface area contributed by atoms with Crippen LogP contribution >= 0.6 is 0 Å². The molecule has 2 aromatic heterocycles. The van der Waals surface area contributed by atoms with E-state index in [1.54, 1.807) is 24.7 Å². The summed E-state index contributed by atoms with van der Waals surface area (Å²) in [5.41, 5.74) is 2.39. The maximum atomic E-state index is 12.4. The number of H-pyrrole nitrogens is 1. The highest BCUT2D eigenvalue weighted by molar-refractivity contribution is 6.06. The van der Waals surface area contributed by atoms with Gasteiger partial charge in [0.1, 0.15) is 0 Å². The molecule has 2 N–H and O–H groups in total. The van der Waals surface area contributed by atoms with Crippen molar-refractivity contribution in [1.82, 2.24) is 20.5 Å². The molecule has 5 heteroatoms. The van der Waals surface area contributed by atoms with Crippen LogP contribution in [0.3, 0.4) is 0 Å². The molecule has 3 rings (SSSR count). The molecule has 1 unspecified atom stereocenters. The van der Waals surface area contributed by atoms with Crippen molar-refractivity contribution in [2.75, 3.05) is 0 Å². The molecular weight excluding hydrogens is 252 g/mol. The average Bonchev–Trinajstić information content (AvgIpc) is 3.01. The van der Waals surface area contributed by atoms with Crippen LogP contribution < -0.4 is 5.32 Å². The van der Waals surface area contributed by atoms with Gasteiger partial charge in [0.15, 0.2) is 0 Å². The van der Waals surface area contributed by atoms with Crippen LogP contribution in [0.5, 0.6) is 0 Å². The van der Waals surface area contributed by atoms with Gasteiger partial charge in [-0.3, -0.25) is 14.9 Å². The lowest BCUT2D eigenvalue weighted by atomic mass is 10.1. The Labute approximate surface area is 116 Å². The maximum Gasteiger partial charge on any atom is 0.252 e. The van der Waals surface area contributed by atoms with Crippen LogP contribution in [0.25, 0.3) is 10.9 Å². The highest BCUT2D eigenvalue weighted by Gasteiger charge is 2.14. The predicted molar refractivity (Wildman–Crippen MR) is 76.2 cm³/mol. The Morgan fingerprint density at radius 1 is 1.30 bits per heavy atom. The highest BCUT2D eigenvalue weighted by atomic mass is 16.1. The van der Waals surface area contributed by atoms with E-state index in [9.17, 15) is 4.79 Å². The van der Waals surface area contributed by atoms with E-state index in [2.05, 4.69) is 20.5 Å². The molecular formula is C15H14N4O. The zero-order valence-electron chi connectivity index (χ0n) is 11.0. The summed E-state index contributed by atoms with van der Waals surface area (Å²) in [6.45, 7) is 1.92. The Morgan fingerprint density at radius 2 is 2.15 bits per heavy atom. The number of nitrogens with one attached hydrogen (secondary N) is 2. The molecule has 0 aliphatic heterocycles. The van der Waals surface area contributed by atoms with Crippen LogP contribution in [0, 0.1) is 0 Å². The molecule has 2 heterocycles. The van der Waals surface area contributed by atoms with E-state index >= 15 is 0 Å². The van der Waals surface area contributed by atoms with Crippen molar-refractivity contribution in [3.8, 4) is 0 Å². The lowest BCUT2D eigenvalue weighted by Crippen LogP contribution is -2.26. The fourth-order valence-electron chi connectivity index (χ4n) is 2.15. The Balaban J connectivity index is 1.89. The van der Waals surface area contributed by atoms with Crippen LogP contribution in [0.4, 0.5) is 0 Å². The fourth-order valence-corrected chi connectivity index (χ4v) is 2.15. The van der Waals surface area contributed by atoms with Crippen LogP contribution in [0.2, 0.25) is 0 Å². The number of hydrogen-bond acceptors (Lipinski definition) is 3. The number of rotatable bonds is 3. The number of benzene rings is 1. The summed E-state index contributed by atoms with van der Waals surface area (Å²) in [7, 11) is 0. The van der Waals surface area contributed by atoms with E-state index in [1.165, 1.54) is 0 Å². The van der Waals surface area contributed by atoms with E-state index in [0.717, 1.165) is 16.5 Å². The Kier molecular flexibility index (Phi) is 3.16. The third kappa shape index (κ3) is 2.25. The molecule has 3 aromatic rings. The van der Waals surface area contributed by atoms with Gasteiger partial charge < -0.3 is 5.32 Å². The number of pyridine rings is 1. The Morgan fingerprint density at radius 3 is 2.95 bits per heavy atom. The summed E-state index contributed by atoms with van der Waals surface area (Å²) in [5, 5.41) is 10.4. The summed E-state index contributed by atoms with van der Waals surface area (Å²) < 4.78 is 0. The summed E-state index contributed by atoms with van der Waals surface area (Å²) in [6.07, 6.45) is 5.13. The zero-order valence-corrected chi connectivity index (χ0v) is 11.0. The van der Waals surface area contributed by atoms with Crippen molar-refractivity contribution in [1.29, 1.82) is 0 Å². The number of hydrogen-bond donors (Lipinski definition) is 2. The van der Waals surface area contributed by atoms with Crippen molar-refractivity contribution in [3.05, 3.63) is 60.0 Å². The first-order valence-corrected chi connectivity index (χ1v) is 6.39. The van der Waals surface area contributed by atoms with Crippen LogP contribution in [0.15, 0.2) is 48.9 Å². The number of carbonyl (C=O) groups is 1. The molecule has 1 aromatic carbocycles. The number of fused-ring (bicyclic) bond motifs is 1. The Hall–Kier alpha value is -2.69. The minimum atomic E-state index is -0.114. The first-order chi connectivity index (χ1) is 9.75. The SMILES string of the molecule is CC(NC(=O)c1ccnc2ccccc12)c1cn[nH]c1. The first-order valence-electron chi connectivity index (χ1n) is 6.39. The first kappa shape index (κ1) is 12.3. The van der Waals surface area contributed by atoms with Gasteiger partial charge in [0, 0.05) is 23.3 Å². The van der Waals surface area contributed by atoms with Gasteiger partial charge in [0.25, 0.3) is 5.91 Å². The molecule has 0 aliphatic carbocycles. The van der Waals surface area contributed by atoms with E-state index in [4.69, 9.17) is 0 Å². The second-order valence-corrected chi connectivity index (χ2v) is 4.60. The minimum Gasteiger partial charge on any atom is -0.345 e.